The van der Waals surface area contributed by atoms with Crippen LogP contribution in [0.5, 0.6) is 5.75 Å². The first-order valence-electron chi connectivity index (χ1n) is 6.31. The molecule has 0 radical (unpaired) electrons. The lowest BCUT2D eigenvalue weighted by atomic mass is 9.98. The fraction of sp³-hybridized carbons (Fsp3) is 0.571. The zero-order valence-electron chi connectivity index (χ0n) is 10.0. The Balaban J connectivity index is 1.78. The van der Waals surface area contributed by atoms with Gasteiger partial charge in [-0.25, -0.2) is 0 Å². The van der Waals surface area contributed by atoms with Gasteiger partial charge in [0.15, 0.2) is 0 Å². The van der Waals surface area contributed by atoms with Gasteiger partial charge in [0.25, 0.3) is 0 Å². The molecule has 2 N–H and O–H groups in total. The van der Waals surface area contributed by atoms with Gasteiger partial charge in [0.1, 0.15) is 5.75 Å². The summed E-state index contributed by atoms with van der Waals surface area (Å²) in [4.78, 5) is 0. The summed E-state index contributed by atoms with van der Waals surface area (Å²) in [7, 11) is 1.69. The average molecular weight is 296 g/mol. The van der Waals surface area contributed by atoms with Crippen LogP contribution in [0.4, 0.5) is 0 Å². The largest absolute Gasteiger partial charge is 0.496 e. The minimum absolute atomic E-state index is 0.201. The number of fused-ring (bicyclic) bond motifs is 1. The van der Waals surface area contributed by atoms with Crippen LogP contribution in [-0.2, 0) is 0 Å². The molecule has 0 aromatic heterocycles. The van der Waals surface area contributed by atoms with Crippen molar-refractivity contribution in [3.8, 4) is 5.75 Å². The van der Waals surface area contributed by atoms with Crippen molar-refractivity contribution in [2.24, 2.45) is 23.5 Å². The van der Waals surface area contributed by atoms with Gasteiger partial charge in [-0.05, 0) is 64.2 Å². The van der Waals surface area contributed by atoms with E-state index >= 15 is 0 Å². The van der Waals surface area contributed by atoms with E-state index in [9.17, 15) is 0 Å². The third-order valence-electron chi connectivity index (χ3n) is 4.45. The smallest absolute Gasteiger partial charge is 0.133 e. The maximum Gasteiger partial charge on any atom is 0.133 e. The Bertz CT molecular complexity index is 424. The maximum absolute atomic E-state index is 6.39. The van der Waals surface area contributed by atoms with Crippen LogP contribution in [0.3, 0.4) is 0 Å². The zero-order chi connectivity index (χ0) is 12.0. The molecule has 3 heteroatoms. The van der Waals surface area contributed by atoms with Crippen LogP contribution in [0.15, 0.2) is 22.7 Å². The highest BCUT2D eigenvalue weighted by Crippen LogP contribution is 2.61. The van der Waals surface area contributed by atoms with Crippen LogP contribution in [0.1, 0.15) is 30.9 Å². The summed E-state index contributed by atoms with van der Waals surface area (Å²) in [6, 6.07) is 6.41. The molecular weight excluding hydrogens is 278 g/mol. The highest BCUT2D eigenvalue weighted by molar-refractivity contribution is 9.10. The number of rotatable bonds is 3. The lowest BCUT2D eigenvalue weighted by Gasteiger charge is -2.15. The molecular formula is C14H18BrNO. The third kappa shape index (κ3) is 1.89. The number of hydrogen-bond acceptors (Lipinski definition) is 2. The quantitative estimate of drug-likeness (QED) is 0.926. The molecule has 3 unspecified atom stereocenters. The van der Waals surface area contributed by atoms with Crippen molar-refractivity contribution in [3.63, 3.8) is 0 Å². The molecule has 0 heterocycles. The fourth-order valence-corrected chi connectivity index (χ4v) is 4.08. The summed E-state index contributed by atoms with van der Waals surface area (Å²) in [5.41, 5.74) is 7.62. The van der Waals surface area contributed by atoms with Gasteiger partial charge >= 0.3 is 0 Å². The predicted octanol–water partition coefficient (Wildman–Crippen LogP) is 3.50. The van der Waals surface area contributed by atoms with Gasteiger partial charge < -0.3 is 10.5 Å². The van der Waals surface area contributed by atoms with Gasteiger partial charge in [-0.2, -0.15) is 0 Å². The maximum atomic E-state index is 6.39. The van der Waals surface area contributed by atoms with E-state index in [2.05, 4.69) is 28.1 Å². The summed E-state index contributed by atoms with van der Waals surface area (Å²) in [6.07, 6.45) is 4.19. The first-order chi connectivity index (χ1) is 8.22. The van der Waals surface area contributed by atoms with Crippen molar-refractivity contribution in [1.29, 1.82) is 0 Å². The predicted molar refractivity (Wildman–Crippen MR) is 71.9 cm³/mol. The molecule has 92 valence electrons. The van der Waals surface area contributed by atoms with Crippen LogP contribution in [-0.4, -0.2) is 7.11 Å². The molecule has 2 aliphatic carbocycles. The number of hydrogen-bond donors (Lipinski definition) is 1. The van der Waals surface area contributed by atoms with Crippen molar-refractivity contribution in [2.45, 2.75) is 25.3 Å². The number of methoxy groups -OCH3 is 1. The molecule has 17 heavy (non-hydrogen) atoms. The summed E-state index contributed by atoms with van der Waals surface area (Å²) < 4.78 is 6.24. The SMILES string of the molecule is COc1ccc(C(N)C2C3CCCC32)cc1Br. The average Bonchev–Trinajstić information content (AvgIpc) is 2.81. The molecule has 2 nitrogen and oxygen atoms in total. The van der Waals surface area contributed by atoms with Crippen molar-refractivity contribution >= 4 is 15.9 Å². The monoisotopic (exact) mass is 295 g/mol. The van der Waals surface area contributed by atoms with E-state index in [0.717, 1.165) is 28.0 Å². The molecule has 0 amide bonds. The van der Waals surface area contributed by atoms with Crippen molar-refractivity contribution in [3.05, 3.63) is 28.2 Å². The van der Waals surface area contributed by atoms with Crippen molar-refractivity contribution < 1.29 is 4.74 Å². The Hall–Kier alpha value is -0.540. The number of ether oxygens (including phenoxy) is 1. The van der Waals surface area contributed by atoms with Gasteiger partial charge in [-0.15, -0.1) is 0 Å². The summed E-state index contributed by atoms with van der Waals surface area (Å²) >= 11 is 3.53. The van der Waals surface area contributed by atoms with Gasteiger partial charge in [0, 0.05) is 6.04 Å². The molecule has 0 spiro atoms. The highest BCUT2D eigenvalue weighted by Gasteiger charge is 2.55. The summed E-state index contributed by atoms with van der Waals surface area (Å²) in [5, 5.41) is 0. The molecule has 3 atom stereocenters. The summed E-state index contributed by atoms with van der Waals surface area (Å²) in [6.45, 7) is 0. The second-order valence-corrected chi connectivity index (χ2v) is 6.11. The van der Waals surface area contributed by atoms with E-state index in [1.165, 1.54) is 24.8 Å². The molecule has 1 aromatic carbocycles. The number of benzene rings is 1. The van der Waals surface area contributed by atoms with E-state index in [4.69, 9.17) is 10.5 Å². The van der Waals surface area contributed by atoms with Crippen LogP contribution >= 0.6 is 15.9 Å². The van der Waals surface area contributed by atoms with Crippen LogP contribution in [0.25, 0.3) is 0 Å². The lowest BCUT2D eigenvalue weighted by molar-refractivity contribution is 0.411. The third-order valence-corrected chi connectivity index (χ3v) is 5.07. The highest BCUT2D eigenvalue weighted by atomic mass is 79.9. The molecule has 0 saturated heterocycles. The Labute approximate surface area is 111 Å². The minimum Gasteiger partial charge on any atom is -0.496 e. The molecule has 0 aliphatic heterocycles. The molecule has 2 saturated carbocycles. The fourth-order valence-electron chi connectivity index (χ4n) is 3.52. The van der Waals surface area contributed by atoms with Gasteiger partial charge in [-0.1, -0.05) is 12.5 Å². The molecule has 2 fully saturated rings. The molecule has 3 rings (SSSR count). The van der Waals surface area contributed by atoms with E-state index in [1.807, 2.05) is 6.07 Å². The topological polar surface area (TPSA) is 35.2 Å². The second-order valence-electron chi connectivity index (χ2n) is 5.26. The lowest BCUT2D eigenvalue weighted by Crippen LogP contribution is -2.15. The van der Waals surface area contributed by atoms with Crippen LogP contribution < -0.4 is 10.5 Å². The number of nitrogens with two attached hydrogens (primary N) is 1. The first-order valence-corrected chi connectivity index (χ1v) is 7.10. The molecule has 0 bridgehead atoms. The van der Waals surface area contributed by atoms with Gasteiger partial charge in [-0.3, -0.25) is 0 Å². The minimum atomic E-state index is 0.201. The number of halogens is 1. The van der Waals surface area contributed by atoms with E-state index in [-0.39, 0.29) is 6.04 Å². The first kappa shape index (κ1) is 11.5. The second kappa shape index (κ2) is 4.29. The Morgan fingerprint density at radius 3 is 2.65 bits per heavy atom. The normalized spacial score (nSPS) is 32.1. The van der Waals surface area contributed by atoms with E-state index < -0.39 is 0 Å². The van der Waals surface area contributed by atoms with Crippen molar-refractivity contribution in [2.75, 3.05) is 7.11 Å². The standard InChI is InChI=1S/C14H18BrNO/c1-17-12-6-5-8(7-11(12)15)14(16)13-9-3-2-4-10(9)13/h5-7,9-10,13-14H,2-4,16H2,1H3. The van der Waals surface area contributed by atoms with E-state index in [0.29, 0.717) is 0 Å². The Kier molecular flexibility index (Phi) is 2.91. The Morgan fingerprint density at radius 1 is 1.35 bits per heavy atom. The van der Waals surface area contributed by atoms with Crippen LogP contribution in [0.2, 0.25) is 0 Å². The molecule has 1 aromatic rings. The van der Waals surface area contributed by atoms with Crippen molar-refractivity contribution in [1.82, 2.24) is 0 Å². The van der Waals surface area contributed by atoms with Gasteiger partial charge in [0.05, 0.1) is 11.6 Å². The molecule has 2 aliphatic rings. The van der Waals surface area contributed by atoms with E-state index in [1.54, 1.807) is 7.11 Å². The summed E-state index contributed by atoms with van der Waals surface area (Å²) in [5.74, 6) is 3.41. The van der Waals surface area contributed by atoms with Gasteiger partial charge in [0.2, 0.25) is 0 Å². The Morgan fingerprint density at radius 2 is 2.06 bits per heavy atom. The zero-order valence-corrected chi connectivity index (χ0v) is 11.6. The van der Waals surface area contributed by atoms with Crippen LogP contribution in [0, 0.1) is 17.8 Å².